The van der Waals surface area contributed by atoms with Gasteiger partial charge in [-0.25, -0.2) is 13.8 Å². The van der Waals surface area contributed by atoms with Gasteiger partial charge in [-0.1, -0.05) is 6.07 Å². The van der Waals surface area contributed by atoms with Crippen molar-refractivity contribution in [3.05, 3.63) is 40.8 Å². The van der Waals surface area contributed by atoms with Crippen molar-refractivity contribution in [1.29, 1.82) is 0 Å². The van der Waals surface area contributed by atoms with Crippen LogP contribution in [0, 0.1) is 18.6 Å². The first-order valence-corrected chi connectivity index (χ1v) is 5.37. The van der Waals surface area contributed by atoms with E-state index in [1.165, 1.54) is 6.07 Å². The molecule has 0 aliphatic carbocycles. The lowest BCUT2D eigenvalue weighted by molar-refractivity contribution is 0.590. The van der Waals surface area contributed by atoms with Gasteiger partial charge in [-0.3, -0.25) is 0 Å². The van der Waals surface area contributed by atoms with E-state index >= 15 is 0 Å². The summed E-state index contributed by atoms with van der Waals surface area (Å²) >= 11 is 5.66. The summed E-state index contributed by atoms with van der Waals surface area (Å²) in [6, 6.07) is 3.51. The number of halogens is 3. The molecule has 0 atom stereocenters. The average molecular weight is 271 g/mol. The fraction of sp³-hybridized carbons (Fsp3) is 0.0909. The molecule has 1 heterocycles. The molecule has 0 unspecified atom stereocenters. The molecule has 7 heteroatoms. The smallest absolute Gasteiger partial charge is 0.224 e. The number of hydrogen-bond acceptors (Lipinski definition) is 4. The summed E-state index contributed by atoms with van der Waals surface area (Å²) < 4.78 is 26.9. The molecule has 1 aromatic heterocycles. The Kier molecular flexibility index (Phi) is 3.29. The molecule has 0 saturated carbocycles. The lowest BCUT2D eigenvalue weighted by Crippen LogP contribution is -2.06. The molecule has 2 aromatic rings. The average Bonchev–Trinajstić information content (AvgIpc) is 2.30. The summed E-state index contributed by atoms with van der Waals surface area (Å²) in [5.74, 6) is -1.43. The van der Waals surface area contributed by atoms with E-state index in [0.717, 1.165) is 12.1 Å². The van der Waals surface area contributed by atoms with Gasteiger partial charge in [0, 0.05) is 0 Å². The second-order valence-electron chi connectivity index (χ2n) is 3.56. The standard InChI is InChI=1S/C11H9ClF2N4/c1-5-8(15)10(18-11(12)16-5)17-9-6(13)3-2-4-7(9)14/h2-4H,15H2,1H3,(H,16,17,18). The summed E-state index contributed by atoms with van der Waals surface area (Å²) in [5.41, 5.74) is 5.98. The van der Waals surface area contributed by atoms with Crippen molar-refractivity contribution in [3.63, 3.8) is 0 Å². The summed E-state index contributed by atoms with van der Waals surface area (Å²) in [6.45, 7) is 1.62. The third-order valence-corrected chi connectivity index (χ3v) is 2.48. The summed E-state index contributed by atoms with van der Waals surface area (Å²) in [7, 11) is 0. The molecule has 0 spiro atoms. The number of nitrogens with zero attached hydrogens (tertiary/aromatic N) is 2. The maximum Gasteiger partial charge on any atom is 0.224 e. The van der Waals surface area contributed by atoms with Crippen LogP contribution < -0.4 is 11.1 Å². The van der Waals surface area contributed by atoms with Crippen molar-refractivity contribution < 1.29 is 8.78 Å². The Labute approximate surface area is 107 Å². The third kappa shape index (κ3) is 2.33. The number of nitrogens with two attached hydrogens (primary N) is 1. The SMILES string of the molecule is Cc1nc(Cl)nc(Nc2c(F)cccc2F)c1N. The highest BCUT2D eigenvalue weighted by Gasteiger charge is 2.13. The van der Waals surface area contributed by atoms with Gasteiger partial charge in [-0.15, -0.1) is 0 Å². The van der Waals surface area contributed by atoms with Crippen LogP contribution in [-0.2, 0) is 0 Å². The van der Waals surface area contributed by atoms with Crippen LogP contribution in [0.2, 0.25) is 5.28 Å². The molecule has 4 nitrogen and oxygen atoms in total. The monoisotopic (exact) mass is 270 g/mol. The second kappa shape index (κ2) is 4.73. The van der Waals surface area contributed by atoms with E-state index in [1.54, 1.807) is 6.92 Å². The lowest BCUT2D eigenvalue weighted by atomic mass is 10.2. The van der Waals surface area contributed by atoms with Gasteiger partial charge in [0.25, 0.3) is 0 Å². The number of anilines is 3. The summed E-state index contributed by atoms with van der Waals surface area (Å²) in [5, 5.41) is 2.43. The summed E-state index contributed by atoms with van der Waals surface area (Å²) in [4.78, 5) is 7.62. The fourth-order valence-corrected chi connectivity index (χ4v) is 1.59. The van der Waals surface area contributed by atoms with Gasteiger partial charge in [0.1, 0.15) is 17.3 Å². The molecule has 0 fully saturated rings. The second-order valence-corrected chi connectivity index (χ2v) is 3.90. The minimum absolute atomic E-state index is 0.0547. The number of para-hydroxylation sites is 1. The molecule has 0 saturated heterocycles. The minimum atomic E-state index is -0.748. The number of aryl methyl sites for hydroxylation is 1. The highest BCUT2D eigenvalue weighted by Crippen LogP contribution is 2.27. The van der Waals surface area contributed by atoms with E-state index in [9.17, 15) is 8.78 Å². The van der Waals surface area contributed by atoms with E-state index < -0.39 is 11.6 Å². The van der Waals surface area contributed by atoms with E-state index in [-0.39, 0.29) is 22.5 Å². The van der Waals surface area contributed by atoms with Gasteiger partial charge in [-0.2, -0.15) is 4.98 Å². The maximum absolute atomic E-state index is 13.4. The van der Waals surface area contributed by atoms with Gasteiger partial charge in [-0.05, 0) is 30.7 Å². The molecule has 18 heavy (non-hydrogen) atoms. The van der Waals surface area contributed by atoms with Crippen LogP contribution in [0.1, 0.15) is 5.69 Å². The number of nitrogens with one attached hydrogen (secondary N) is 1. The van der Waals surface area contributed by atoms with Gasteiger partial charge >= 0.3 is 0 Å². The van der Waals surface area contributed by atoms with Gasteiger partial charge in [0.05, 0.1) is 11.4 Å². The van der Waals surface area contributed by atoms with Crippen molar-refractivity contribution >= 4 is 28.8 Å². The Morgan fingerprint density at radius 3 is 2.44 bits per heavy atom. The first kappa shape index (κ1) is 12.5. The zero-order valence-corrected chi connectivity index (χ0v) is 10.1. The summed E-state index contributed by atoms with van der Waals surface area (Å²) in [6.07, 6.45) is 0. The number of hydrogen-bond donors (Lipinski definition) is 2. The van der Waals surface area contributed by atoms with Crippen LogP contribution in [0.15, 0.2) is 18.2 Å². The number of nitrogen functional groups attached to an aromatic ring is 1. The van der Waals surface area contributed by atoms with E-state index in [2.05, 4.69) is 15.3 Å². The van der Waals surface area contributed by atoms with Gasteiger partial charge in [0.2, 0.25) is 5.28 Å². The Morgan fingerprint density at radius 2 is 1.83 bits per heavy atom. The molecule has 3 N–H and O–H groups in total. The molecule has 1 aromatic carbocycles. The molecular weight excluding hydrogens is 262 g/mol. The molecule has 0 aliphatic heterocycles. The Balaban J connectivity index is 2.46. The van der Waals surface area contributed by atoms with Gasteiger partial charge in [0.15, 0.2) is 5.82 Å². The molecule has 0 radical (unpaired) electrons. The van der Waals surface area contributed by atoms with Crippen LogP contribution in [-0.4, -0.2) is 9.97 Å². The Bertz CT molecular complexity index is 584. The highest BCUT2D eigenvalue weighted by molar-refractivity contribution is 6.28. The van der Waals surface area contributed by atoms with E-state index in [0.29, 0.717) is 5.69 Å². The van der Waals surface area contributed by atoms with Crippen LogP contribution in [0.3, 0.4) is 0 Å². The van der Waals surface area contributed by atoms with Crippen molar-refractivity contribution in [1.82, 2.24) is 9.97 Å². The fourth-order valence-electron chi connectivity index (χ4n) is 1.38. The van der Waals surface area contributed by atoms with Crippen LogP contribution in [0.4, 0.5) is 26.0 Å². The van der Waals surface area contributed by atoms with E-state index in [4.69, 9.17) is 17.3 Å². The Hall–Kier alpha value is -1.95. The quantitative estimate of drug-likeness (QED) is 0.823. The van der Waals surface area contributed by atoms with Crippen LogP contribution in [0.5, 0.6) is 0 Å². The predicted octanol–water partition coefficient (Wildman–Crippen LogP) is 3.04. The molecule has 94 valence electrons. The van der Waals surface area contributed by atoms with E-state index in [1.807, 2.05) is 0 Å². The molecular formula is C11H9ClF2N4. The van der Waals surface area contributed by atoms with Crippen molar-refractivity contribution in [2.45, 2.75) is 6.92 Å². The highest BCUT2D eigenvalue weighted by atomic mass is 35.5. The number of benzene rings is 1. The normalized spacial score (nSPS) is 10.4. The zero-order valence-electron chi connectivity index (χ0n) is 9.34. The minimum Gasteiger partial charge on any atom is -0.394 e. The molecule has 2 rings (SSSR count). The van der Waals surface area contributed by atoms with Crippen molar-refractivity contribution in [2.75, 3.05) is 11.1 Å². The predicted molar refractivity (Wildman–Crippen MR) is 65.8 cm³/mol. The number of rotatable bonds is 2. The van der Waals surface area contributed by atoms with Crippen molar-refractivity contribution in [3.8, 4) is 0 Å². The first-order valence-electron chi connectivity index (χ1n) is 4.99. The molecule has 0 bridgehead atoms. The number of aromatic nitrogens is 2. The molecule has 0 aliphatic rings. The van der Waals surface area contributed by atoms with Gasteiger partial charge < -0.3 is 11.1 Å². The topological polar surface area (TPSA) is 63.8 Å². The third-order valence-electron chi connectivity index (χ3n) is 2.32. The van der Waals surface area contributed by atoms with Crippen molar-refractivity contribution in [2.24, 2.45) is 0 Å². The van der Waals surface area contributed by atoms with Crippen LogP contribution in [0.25, 0.3) is 0 Å². The largest absolute Gasteiger partial charge is 0.394 e. The maximum atomic E-state index is 13.4. The lowest BCUT2D eigenvalue weighted by Gasteiger charge is -2.11. The first-order chi connectivity index (χ1) is 8.49. The molecule has 0 amide bonds. The Morgan fingerprint density at radius 1 is 1.22 bits per heavy atom. The van der Waals surface area contributed by atoms with Crippen LogP contribution >= 0.6 is 11.6 Å². The zero-order chi connectivity index (χ0) is 13.3.